The van der Waals surface area contributed by atoms with Gasteiger partial charge in [0.05, 0.1) is 6.26 Å². The molecule has 1 aromatic carbocycles. The number of aryl methyl sites for hydroxylation is 1. The Bertz CT molecular complexity index is 538. The van der Waals surface area contributed by atoms with Crippen molar-refractivity contribution in [1.29, 1.82) is 0 Å². The fourth-order valence-electron chi connectivity index (χ4n) is 2.01. The molecule has 0 radical (unpaired) electrons. The molecule has 0 fully saturated rings. The summed E-state index contributed by atoms with van der Waals surface area (Å²) in [5, 5.41) is 0. The zero-order chi connectivity index (χ0) is 13.1. The molecular formula is C14H15BrFNO. The highest BCUT2D eigenvalue weighted by Gasteiger charge is 2.15. The third-order valence-electron chi connectivity index (χ3n) is 2.95. The summed E-state index contributed by atoms with van der Waals surface area (Å²) in [5.41, 5.74) is 8.02. The van der Waals surface area contributed by atoms with E-state index >= 15 is 0 Å². The zero-order valence-electron chi connectivity index (χ0n) is 10.1. The van der Waals surface area contributed by atoms with Gasteiger partial charge in [-0.15, -0.1) is 0 Å². The molecule has 96 valence electrons. The third-order valence-corrected chi connectivity index (χ3v) is 3.72. The second-order valence-corrected chi connectivity index (χ2v) is 5.05. The summed E-state index contributed by atoms with van der Waals surface area (Å²) in [4.78, 5) is 0. The van der Waals surface area contributed by atoms with Gasteiger partial charge in [-0.2, -0.15) is 0 Å². The molecule has 2 rings (SSSR count). The maximum atomic E-state index is 13.2. The minimum absolute atomic E-state index is 0.184. The molecule has 0 amide bonds. The van der Waals surface area contributed by atoms with Crippen molar-refractivity contribution < 1.29 is 8.81 Å². The van der Waals surface area contributed by atoms with Crippen LogP contribution in [0.5, 0.6) is 0 Å². The molecule has 0 aliphatic carbocycles. The van der Waals surface area contributed by atoms with Gasteiger partial charge in [-0.3, -0.25) is 0 Å². The van der Waals surface area contributed by atoms with Crippen molar-refractivity contribution in [3.8, 4) is 0 Å². The SMILES string of the molecule is CCc1occc1C(N)Cc1cc(F)ccc1Br. The van der Waals surface area contributed by atoms with Crippen molar-refractivity contribution in [3.63, 3.8) is 0 Å². The quantitative estimate of drug-likeness (QED) is 0.927. The highest BCUT2D eigenvalue weighted by atomic mass is 79.9. The van der Waals surface area contributed by atoms with Crippen molar-refractivity contribution in [2.45, 2.75) is 25.8 Å². The van der Waals surface area contributed by atoms with E-state index in [-0.39, 0.29) is 11.9 Å². The minimum atomic E-state index is -0.247. The van der Waals surface area contributed by atoms with Crippen LogP contribution in [0.15, 0.2) is 39.4 Å². The molecule has 0 aliphatic rings. The van der Waals surface area contributed by atoms with Gasteiger partial charge >= 0.3 is 0 Å². The fourth-order valence-corrected chi connectivity index (χ4v) is 2.42. The summed E-state index contributed by atoms with van der Waals surface area (Å²) in [6.07, 6.45) is 3.03. The van der Waals surface area contributed by atoms with E-state index in [9.17, 15) is 4.39 Å². The second kappa shape index (κ2) is 5.67. The van der Waals surface area contributed by atoms with Gasteiger partial charge in [-0.05, 0) is 36.2 Å². The number of halogens is 2. The van der Waals surface area contributed by atoms with Crippen molar-refractivity contribution in [2.75, 3.05) is 0 Å². The number of nitrogens with two attached hydrogens (primary N) is 1. The van der Waals surface area contributed by atoms with E-state index in [1.165, 1.54) is 12.1 Å². The number of furan rings is 1. The summed E-state index contributed by atoms with van der Waals surface area (Å²) in [7, 11) is 0. The van der Waals surface area contributed by atoms with Gasteiger partial charge < -0.3 is 10.2 Å². The molecule has 2 aromatic rings. The normalized spacial score (nSPS) is 12.7. The van der Waals surface area contributed by atoms with Crippen LogP contribution in [0.25, 0.3) is 0 Å². The topological polar surface area (TPSA) is 39.2 Å². The Hall–Kier alpha value is -1.13. The molecule has 1 heterocycles. The molecule has 0 saturated heterocycles. The Morgan fingerprint density at radius 3 is 2.89 bits per heavy atom. The van der Waals surface area contributed by atoms with E-state index in [0.29, 0.717) is 6.42 Å². The molecule has 0 aliphatic heterocycles. The third kappa shape index (κ3) is 2.82. The van der Waals surface area contributed by atoms with Crippen LogP contribution >= 0.6 is 15.9 Å². The van der Waals surface area contributed by atoms with Gasteiger partial charge in [0.2, 0.25) is 0 Å². The summed E-state index contributed by atoms with van der Waals surface area (Å²) >= 11 is 3.41. The lowest BCUT2D eigenvalue weighted by molar-refractivity contribution is 0.505. The van der Waals surface area contributed by atoms with Crippen LogP contribution in [0.4, 0.5) is 4.39 Å². The van der Waals surface area contributed by atoms with E-state index in [4.69, 9.17) is 10.2 Å². The second-order valence-electron chi connectivity index (χ2n) is 4.20. The summed E-state index contributed by atoms with van der Waals surface area (Å²) < 4.78 is 19.4. The highest BCUT2D eigenvalue weighted by Crippen LogP contribution is 2.26. The monoisotopic (exact) mass is 311 g/mol. The largest absolute Gasteiger partial charge is 0.469 e. The van der Waals surface area contributed by atoms with Crippen molar-refractivity contribution in [3.05, 3.63) is 57.7 Å². The van der Waals surface area contributed by atoms with Crippen LogP contribution in [-0.2, 0) is 12.8 Å². The Balaban J connectivity index is 2.21. The molecule has 18 heavy (non-hydrogen) atoms. The Morgan fingerprint density at radius 2 is 2.17 bits per heavy atom. The van der Waals surface area contributed by atoms with Crippen LogP contribution < -0.4 is 5.73 Å². The highest BCUT2D eigenvalue weighted by molar-refractivity contribution is 9.10. The van der Waals surface area contributed by atoms with Crippen LogP contribution in [0.2, 0.25) is 0 Å². The van der Waals surface area contributed by atoms with Crippen LogP contribution in [0.1, 0.15) is 29.9 Å². The number of benzene rings is 1. The lowest BCUT2D eigenvalue weighted by atomic mass is 9.99. The van der Waals surface area contributed by atoms with Crippen molar-refractivity contribution in [1.82, 2.24) is 0 Å². The molecule has 4 heteroatoms. The summed E-state index contributed by atoms with van der Waals surface area (Å²) in [6.45, 7) is 2.02. The molecule has 0 saturated carbocycles. The van der Waals surface area contributed by atoms with Gasteiger partial charge in [-0.25, -0.2) is 4.39 Å². The Morgan fingerprint density at radius 1 is 1.39 bits per heavy atom. The summed E-state index contributed by atoms with van der Waals surface area (Å²) in [6, 6.07) is 6.34. The first-order valence-electron chi connectivity index (χ1n) is 5.87. The molecule has 1 unspecified atom stereocenters. The first-order chi connectivity index (χ1) is 8.61. The number of rotatable bonds is 4. The van der Waals surface area contributed by atoms with E-state index in [1.54, 1.807) is 12.3 Å². The van der Waals surface area contributed by atoms with Gasteiger partial charge in [0.25, 0.3) is 0 Å². The van der Waals surface area contributed by atoms with Crippen LogP contribution in [0, 0.1) is 5.82 Å². The molecule has 0 bridgehead atoms. The van der Waals surface area contributed by atoms with E-state index in [2.05, 4.69) is 15.9 Å². The standard InChI is InChI=1S/C14H15BrFNO/c1-2-14-11(5-6-18-14)13(17)8-9-7-10(16)3-4-12(9)15/h3-7,13H,2,8,17H2,1H3. The van der Waals surface area contributed by atoms with Gasteiger partial charge in [0, 0.05) is 22.5 Å². The first kappa shape index (κ1) is 13.3. The lowest BCUT2D eigenvalue weighted by Crippen LogP contribution is -2.14. The summed E-state index contributed by atoms with van der Waals surface area (Å²) in [5.74, 6) is 0.651. The van der Waals surface area contributed by atoms with Crippen molar-refractivity contribution in [2.24, 2.45) is 5.73 Å². The predicted molar refractivity (Wildman–Crippen MR) is 72.8 cm³/mol. The fraction of sp³-hybridized carbons (Fsp3) is 0.286. The zero-order valence-corrected chi connectivity index (χ0v) is 11.7. The van der Waals surface area contributed by atoms with E-state index < -0.39 is 0 Å². The van der Waals surface area contributed by atoms with E-state index in [0.717, 1.165) is 27.8 Å². The molecule has 2 nitrogen and oxygen atoms in total. The average Bonchev–Trinajstić information content (AvgIpc) is 2.82. The smallest absolute Gasteiger partial charge is 0.123 e. The number of hydrogen-bond acceptors (Lipinski definition) is 2. The van der Waals surface area contributed by atoms with Gasteiger partial charge in [0.15, 0.2) is 0 Å². The van der Waals surface area contributed by atoms with Gasteiger partial charge in [-0.1, -0.05) is 22.9 Å². The predicted octanol–water partition coefficient (Wildman–Crippen LogP) is 3.99. The Labute approximate surface area is 114 Å². The molecule has 1 atom stereocenters. The van der Waals surface area contributed by atoms with Crippen molar-refractivity contribution >= 4 is 15.9 Å². The molecule has 2 N–H and O–H groups in total. The molecule has 0 spiro atoms. The van der Waals surface area contributed by atoms with E-state index in [1.807, 2.05) is 13.0 Å². The minimum Gasteiger partial charge on any atom is -0.469 e. The Kier molecular flexibility index (Phi) is 4.19. The van der Waals surface area contributed by atoms with Crippen LogP contribution in [-0.4, -0.2) is 0 Å². The maximum absolute atomic E-state index is 13.2. The maximum Gasteiger partial charge on any atom is 0.123 e. The lowest BCUT2D eigenvalue weighted by Gasteiger charge is -2.13. The first-order valence-corrected chi connectivity index (χ1v) is 6.67. The van der Waals surface area contributed by atoms with Crippen LogP contribution in [0.3, 0.4) is 0 Å². The van der Waals surface area contributed by atoms with Gasteiger partial charge in [0.1, 0.15) is 11.6 Å². The number of hydrogen-bond donors (Lipinski definition) is 1. The molecule has 1 aromatic heterocycles. The average molecular weight is 312 g/mol. The molecular weight excluding hydrogens is 297 g/mol.